The van der Waals surface area contributed by atoms with E-state index >= 15 is 0 Å². The maximum atomic E-state index is 13.3. The van der Waals surface area contributed by atoms with E-state index in [9.17, 15) is 14.4 Å². The summed E-state index contributed by atoms with van der Waals surface area (Å²) in [7, 11) is 0. The van der Waals surface area contributed by atoms with E-state index in [2.05, 4.69) is 16.0 Å². The van der Waals surface area contributed by atoms with Gasteiger partial charge >= 0.3 is 0 Å². The minimum Gasteiger partial charge on any atom is -0.325 e. The van der Waals surface area contributed by atoms with Gasteiger partial charge in [0.05, 0.1) is 5.25 Å². The fourth-order valence-corrected chi connectivity index (χ4v) is 5.64. The van der Waals surface area contributed by atoms with Gasteiger partial charge < -0.3 is 16.0 Å². The first-order valence-corrected chi connectivity index (χ1v) is 14.7. The molecule has 8 heteroatoms. The van der Waals surface area contributed by atoms with Gasteiger partial charge in [-0.3, -0.25) is 14.4 Å². The van der Waals surface area contributed by atoms with Gasteiger partial charge in [0.15, 0.2) is 0 Å². The molecule has 0 fully saturated rings. The zero-order valence-corrected chi connectivity index (χ0v) is 24.2. The lowest BCUT2D eigenvalue weighted by molar-refractivity contribution is -0.116. The molecule has 0 bridgehead atoms. The van der Waals surface area contributed by atoms with Crippen molar-refractivity contribution in [3.63, 3.8) is 0 Å². The number of anilines is 2. The molecule has 1 heterocycles. The Kier molecular flexibility index (Phi) is 9.94. The molecule has 1 unspecified atom stereocenters. The van der Waals surface area contributed by atoms with Crippen molar-refractivity contribution >= 4 is 58.3 Å². The highest BCUT2D eigenvalue weighted by Crippen LogP contribution is 2.30. The van der Waals surface area contributed by atoms with Gasteiger partial charge in [-0.05, 0) is 90.2 Å². The summed E-state index contributed by atoms with van der Waals surface area (Å²) >= 11 is 2.94. The molecule has 3 aromatic carbocycles. The van der Waals surface area contributed by atoms with Crippen LogP contribution in [0.2, 0.25) is 0 Å². The Balaban J connectivity index is 1.48. The van der Waals surface area contributed by atoms with Crippen LogP contribution in [0.3, 0.4) is 0 Å². The van der Waals surface area contributed by atoms with Crippen LogP contribution in [0.1, 0.15) is 40.4 Å². The first kappa shape index (κ1) is 28.9. The topological polar surface area (TPSA) is 87.3 Å². The Bertz CT molecular complexity index is 1500. The Labute approximate surface area is 242 Å². The van der Waals surface area contributed by atoms with Crippen molar-refractivity contribution in [2.75, 3.05) is 10.6 Å². The number of hydrogen-bond acceptors (Lipinski definition) is 5. The average Bonchev–Trinajstić information content (AvgIpc) is 3.47. The van der Waals surface area contributed by atoms with Crippen molar-refractivity contribution in [3.8, 4) is 0 Å². The zero-order chi connectivity index (χ0) is 28.5. The number of amides is 3. The fourth-order valence-electron chi connectivity index (χ4n) is 4.01. The molecule has 0 aliphatic carbocycles. The van der Waals surface area contributed by atoms with E-state index in [0.717, 1.165) is 27.3 Å². The molecule has 0 aliphatic rings. The van der Waals surface area contributed by atoms with Crippen LogP contribution in [0.15, 0.2) is 100 Å². The number of nitrogens with one attached hydrogen (secondary N) is 3. The van der Waals surface area contributed by atoms with Crippen molar-refractivity contribution in [2.45, 2.75) is 37.3 Å². The molecule has 1 atom stereocenters. The van der Waals surface area contributed by atoms with Gasteiger partial charge in [-0.25, -0.2) is 0 Å². The van der Waals surface area contributed by atoms with Crippen molar-refractivity contribution in [1.82, 2.24) is 5.32 Å². The van der Waals surface area contributed by atoms with Crippen molar-refractivity contribution in [1.29, 1.82) is 0 Å². The summed E-state index contributed by atoms with van der Waals surface area (Å²) < 4.78 is 0. The number of aryl methyl sites for hydroxylation is 2. The number of hydrogen-bond donors (Lipinski definition) is 3. The van der Waals surface area contributed by atoms with E-state index in [1.54, 1.807) is 36.4 Å². The normalized spacial score (nSPS) is 11.9. The predicted molar refractivity (Wildman–Crippen MR) is 166 cm³/mol. The Hall–Kier alpha value is -4.14. The molecular weight excluding hydrogens is 539 g/mol. The number of rotatable bonds is 10. The predicted octanol–water partition coefficient (Wildman–Crippen LogP) is 7.28. The molecule has 3 N–H and O–H groups in total. The maximum Gasteiger partial charge on any atom is 0.272 e. The van der Waals surface area contributed by atoms with E-state index in [-0.39, 0.29) is 22.8 Å². The molecule has 40 heavy (non-hydrogen) atoms. The molecular formula is C32H31N3O3S2. The second kappa shape index (κ2) is 13.8. The molecule has 3 amide bonds. The minimum atomic E-state index is -0.447. The molecule has 4 rings (SSSR count). The van der Waals surface area contributed by atoms with Crippen molar-refractivity contribution in [3.05, 3.63) is 118 Å². The van der Waals surface area contributed by atoms with Gasteiger partial charge in [-0.2, -0.15) is 11.3 Å². The molecule has 0 spiro atoms. The lowest BCUT2D eigenvalue weighted by Crippen LogP contribution is -2.30. The van der Waals surface area contributed by atoms with Crippen LogP contribution in [0.4, 0.5) is 11.4 Å². The lowest BCUT2D eigenvalue weighted by Gasteiger charge is -2.18. The Morgan fingerprint density at radius 3 is 2.30 bits per heavy atom. The van der Waals surface area contributed by atoms with Crippen LogP contribution >= 0.6 is 23.1 Å². The second-order valence-corrected chi connectivity index (χ2v) is 11.2. The van der Waals surface area contributed by atoms with Gasteiger partial charge in [0.25, 0.3) is 11.8 Å². The number of carbonyl (C=O) groups excluding carboxylic acids is 3. The minimum absolute atomic E-state index is 0.0658. The van der Waals surface area contributed by atoms with Crippen LogP contribution < -0.4 is 16.0 Å². The zero-order valence-electron chi connectivity index (χ0n) is 22.6. The highest BCUT2D eigenvalue weighted by molar-refractivity contribution is 8.00. The highest BCUT2D eigenvalue weighted by Gasteiger charge is 2.20. The van der Waals surface area contributed by atoms with Crippen LogP contribution in [0.25, 0.3) is 6.08 Å². The first-order valence-electron chi connectivity index (χ1n) is 12.9. The first-order chi connectivity index (χ1) is 19.3. The van der Waals surface area contributed by atoms with Crippen molar-refractivity contribution in [2.24, 2.45) is 0 Å². The summed E-state index contributed by atoms with van der Waals surface area (Å²) in [6.45, 7) is 5.93. The summed E-state index contributed by atoms with van der Waals surface area (Å²) in [6.07, 6.45) is 2.29. The average molecular weight is 570 g/mol. The summed E-state index contributed by atoms with van der Waals surface area (Å²) in [4.78, 5) is 40.1. The van der Waals surface area contributed by atoms with E-state index in [1.165, 1.54) is 23.1 Å². The SMILES string of the molecule is CCC(Sc1cccc(NC(=O)/C(=C/c2ccsc2)NC(=O)c2ccccc2)c1)C(=O)Nc1c(C)cccc1C. The van der Waals surface area contributed by atoms with E-state index in [0.29, 0.717) is 17.7 Å². The monoisotopic (exact) mass is 569 g/mol. The second-order valence-electron chi connectivity index (χ2n) is 9.19. The van der Waals surface area contributed by atoms with Gasteiger partial charge in [-0.15, -0.1) is 11.8 Å². The number of thioether (sulfide) groups is 1. The Morgan fingerprint density at radius 2 is 1.62 bits per heavy atom. The van der Waals surface area contributed by atoms with Crippen LogP contribution in [-0.2, 0) is 9.59 Å². The molecule has 1 aromatic heterocycles. The van der Waals surface area contributed by atoms with Crippen LogP contribution in [0, 0.1) is 13.8 Å². The highest BCUT2D eigenvalue weighted by atomic mass is 32.2. The van der Waals surface area contributed by atoms with Gasteiger partial charge in [0.2, 0.25) is 5.91 Å². The molecule has 0 radical (unpaired) electrons. The quantitative estimate of drug-likeness (QED) is 0.138. The number of para-hydroxylation sites is 1. The molecule has 204 valence electrons. The number of thiophene rings is 1. The Morgan fingerprint density at radius 1 is 0.900 bits per heavy atom. The number of benzene rings is 3. The number of carbonyl (C=O) groups is 3. The van der Waals surface area contributed by atoms with Gasteiger partial charge in [0.1, 0.15) is 5.70 Å². The summed E-state index contributed by atoms with van der Waals surface area (Å²) in [5.41, 5.74) is 4.83. The maximum absolute atomic E-state index is 13.3. The van der Waals surface area contributed by atoms with E-state index < -0.39 is 5.91 Å². The molecule has 0 saturated carbocycles. The lowest BCUT2D eigenvalue weighted by atomic mass is 10.1. The molecule has 0 saturated heterocycles. The van der Waals surface area contributed by atoms with E-state index in [1.807, 2.05) is 80.1 Å². The molecule has 4 aromatic rings. The van der Waals surface area contributed by atoms with Gasteiger partial charge in [0, 0.05) is 21.8 Å². The standard InChI is InChI=1S/C32H31N3O3S2/c1-4-28(32(38)35-29-21(2)10-8-11-22(29)3)40-26-15-9-14-25(19-26)33-31(37)27(18-23-16-17-39-20-23)34-30(36)24-12-6-5-7-13-24/h5-20,28H,4H2,1-3H3,(H,33,37)(H,34,36)(H,35,38)/b27-18-. The third-order valence-electron chi connectivity index (χ3n) is 6.15. The van der Waals surface area contributed by atoms with Crippen LogP contribution in [0.5, 0.6) is 0 Å². The van der Waals surface area contributed by atoms with Crippen LogP contribution in [-0.4, -0.2) is 23.0 Å². The third-order valence-corrected chi connectivity index (χ3v) is 8.21. The smallest absolute Gasteiger partial charge is 0.272 e. The largest absolute Gasteiger partial charge is 0.325 e. The summed E-state index contributed by atoms with van der Waals surface area (Å²) in [5, 5.41) is 12.2. The fraction of sp³-hybridized carbons (Fsp3) is 0.156. The van der Waals surface area contributed by atoms with Gasteiger partial charge in [-0.1, -0.05) is 49.4 Å². The molecule has 6 nitrogen and oxygen atoms in total. The van der Waals surface area contributed by atoms with Crippen molar-refractivity contribution < 1.29 is 14.4 Å². The van der Waals surface area contributed by atoms with E-state index in [4.69, 9.17) is 0 Å². The summed E-state index contributed by atoms with van der Waals surface area (Å²) in [5.74, 6) is -0.886. The molecule has 0 aliphatic heterocycles. The third kappa shape index (κ3) is 7.71. The summed E-state index contributed by atoms with van der Waals surface area (Å²) in [6, 6.07) is 23.9.